The van der Waals surface area contributed by atoms with Crippen LogP contribution in [0.15, 0.2) is 60.9 Å². The third kappa shape index (κ3) is 3.13. The minimum absolute atomic E-state index is 0.104. The highest BCUT2D eigenvalue weighted by Gasteiger charge is 2.36. The van der Waals surface area contributed by atoms with Crippen LogP contribution in [0.5, 0.6) is 0 Å². The molecule has 1 aromatic carbocycles. The fourth-order valence-corrected chi connectivity index (χ4v) is 2.95. The predicted molar refractivity (Wildman–Crippen MR) is 94.2 cm³/mol. The molecule has 0 fully saturated rings. The number of allylic oxidation sites excluding steroid dienone is 1. The van der Waals surface area contributed by atoms with Crippen LogP contribution in [0.2, 0.25) is 0 Å². The summed E-state index contributed by atoms with van der Waals surface area (Å²) in [4.78, 5) is 31.3. The Hall–Kier alpha value is -2.75. The molecule has 24 heavy (non-hydrogen) atoms. The van der Waals surface area contributed by atoms with Gasteiger partial charge in [0.1, 0.15) is 5.92 Å². The Morgan fingerprint density at radius 2 is 1.75 bits per heavy atom. The summed E-state index contributed by atoms with van der Waals surface area (Å²) < 4.78 is 0. The van der Waals surface area contributed by atoms with Crippen molar-refractivity contribution in [3.63, 3.8) is 0 Å². The van der Waals surface area contributed by atoms with E-state index in [1.54, 1.807) is 23.4 Å². The number of carbonyl (C=O) groups is 2. The Balaban J connectivity index is 2.07. The lowest BCUT2D eigenvalue weighted by Crippen LogP contribution is -2.42. The first kappa shape index (κ1) is 16.1. The van der Waals surface area contributed by atoms with Gasteiger partial charge in [0.2, 0.25) is 5.91 Å². The zero-order valence-electron chi connectivity index (χ0n) is 13.7. The summed E-state index contributed by atoms with van der Waals surface area (Å²) in [5, 5.41) is 0. The van der Waals surface area contributed by atoms with E-state index >= 15 is 0 Å². The molecule has 1 aliphatic rings. The summed E-state index contributed by atoms with van der Waals surface area (Å²) in [5.41, 5.74) is 2.20. The quantitative estimate of drug-likeness (QED) is 0.786. The van der Waals surface area contributed by atoms with Crippen molar-refractivity contribution in [2.45, 2.75) is 26.2 Å². The standard InChI is InChI=1S/C20H20N2O2/c1-2-3-9-17-19(23)14-18(15-10-12-21-13-11-15)22(20(17)24)16-7-5-4-6-8-16/h4-8,10-14,17H,2-3,9H2,1H3. The molecule has 0 N–H and O–H groups in total. The monoisotopic (exact) mass is 320 g/mol. The second kappa shape index (κ2) is 7.21. The molecule has 4 heteroatoms. The molecule has 0 bridgehead atoms. The lowest BCUT2D eigenvalue weighted by atomic mass is 9.90. The molecule has 0 aliphatic carbocycles. The van der Waals surface area contributed by atoms with E-state index in [1.807, 2.05) is 42.5 Å². The van der Waals surface area contributed by atoms with Gasteiger partial charge in [-0.05, 0) is 30.7 Å². The fourth-order valence-electron chi connectivity index (χ4n) is 2.95. The number of nitrogens with zero attached hydrogens (tertiary/aromatic N) is 2. The van der Waals surface area contributed by atoms with E-state index in [-0.39, 0.29) is 11.7 Å². The van der Waals surface area contributed by atoms with Crippen LogP contribution in [-0.2, 0) is 9.59 Å². The van der Waals surface area contributed by atoms with Crippen LogP contribution in [-0.4, -0.2) is 16.7 Å². The summed E-state index contributed by atoms with van der Waals surface area (Å²) in [6, 6.07) is 13.1. The summed E-state index contributed by atoms with van der Waals surface area (Å²) in [6.45, 7) is 2.06. The molecule has 0 saturated heterocycles. The zero-order valence-corrected chi connectivity index (χ0v) is 13.7. The smallest absolute Gasteiger partial charge is 0.242 e. The van der Waals surface area contributed by atoms with E-state index in [0.717, 1.165) is 24.1 Å². The average molecular weight is 320 g/mol. The third-order valence-corrected chi connectivity index (χ3v) is 4.22. The van der Waals surface area contributed by atoms with Gasteiger partial charge in [-0.15, -0.1) is 0 Å². The van der Waals surface area contributed by atoms with Gasteiger partial charge < -0.3 is 0 Å². The summed E-state index contributed by atoms with van der Waals surface area (Å²) >= 11 is 0. The van der Waals surface area contributed by atoms with E-state index in [4.69, 9.17) is 0 Å². The zero-order chi connectivity index (χ0) is 16.9. The number of hydrogen-bond acceptors (Lipinski definition) is 3. The number of pyridine rings is 1. The van der Waals surface area contributed by atoms with Crippen molar-refractivity contribution in [2.75, 3.05) is 4.90 Å². The van der Waals surface area contributed by atoms with Gasteiger partial charge in [-0.25, -0.2) is 0 Å². The Kier molecular flexibility index (Phi) is 4.85. The van der Waals surface area contributed by atoms with Crippen LogP contribution in [0.4, 0.5) is 5.69 Å². The van der Waals surface area contributed by atoms with Gasteiger partial charge in [0.15, 0.2) is 5.78 Å². The normalized spacial score (nSPS) is 17.8. The number of ketones is 1. The van der Waals surface area contributed by atoms with Gasteiger partial charge >= 0.3 is 0 Å². The maximum Gasteiger partial charge on any atom is 0.242 e. The molecule has 1 amide bonds. The molecular weight excluding hydrogens is 300 g/mol. The Bertz CT molecular complexity index is 754. The maximum absolute atomic E-state index is 13.1. The van der Waals surface area contributed by atoms with Crippen molar-refractivity contribution in [3.05, 3.63) is 66.5 Å². The van der Waals surface area contributed by atoms with Crippen LogP contribution >= 0.6 is 0 Å². The number of amides is 1. The minimum atomic E-state index is -0.587. The third-order valence-electron chi connectivity index (χ3n) is 4.22. The number of benzene rings is 1. The van der Waals surface area contributed by atoms with Crippen molar-refractivity contribution >= 4 is 23.1 Å². The highest BCUT2D eigenvalue weighted by atomic mass is 16.2. The Labute approximate surface area is 141 Å². The lowest BCUT2D eigenvalue weighted by Gasteiger charge is -2.32. The number of hydrogen-bond donors (Lipinski definition) is 0. The largest absolute Gasteiger partial charge is 0.294 e. The van der Waals surface area contributed by atoms with Gasteiger partial charge in [0, 0.05) is 29.7 Å². The molecule has 3 rings (SSSR count). The lowest BCUT2D eigenvalue weighted by molar-refractivity contribution is -0.130. The fraction of sp³-hybridized carbons (Fsp3) is 0.250. The molecule has 2 aromatic rings. The number of carbonyl (C=O) groups excluding carboxylic acids is 2. The highest BCUT2D eigenvalue weighted by molar-refractivity contribution is 6.23. The maximum atomic E-state index is 13.1. The van der Waals surface area contributed by atoms with Gasteiger partial charge in [-0.1, -0.05) is 38.0 Å². The van der Waals surface area contributed by atoms with E-state index in [2.05, 4.69) is 11.9 Å². The van der Waals surface area contributed by atoms with Crippen LogP contribution in [0.25, 0.3) is 5.70 Å². The summed E-state index contributed by atoms with van der Waals surface area (Å²) in [6.07, 6.45) is 7.35. The first-order valence-electron chi connectivity index (χ1n) is 8.27. The van der Waals surface area contributed by atoms with Crippen LogP contribution in [0.3, 0.4) is 0 Å². The average Bonchev–Trinajstić information content (AvgIpc) is 2.62. The molecule has 122 valence electrons. The van der Waals surface area contributed by atoms with Gasteiger partial charge in [-0.3, -0.25) is 19.5 Å². The Morgan fingerprint density at radius 1 is 1.04 bits per heavy atom. The predicted octanol–water partition coefficient (Wildman–Crippen LogP) is 3.84. The van der Waals surface area contributed by atoms with Crippen molar-refractivity contribution in [3.8, 4) is 0 Å². The van der Waals surface area contributed by atoms with Gasteiger partial charge in [0.25, 0.3) is 0 Å². The van der Waals surface area contributed by atoms with Gasteiger partial charge in [0.05, 0.1) is 5.70 Å². The van der Waals surface area contributed by atoms with E-state index in [9.17, 15) is 9.59 Å². The molecule has 1 aliphatic heterocycles. The topological polar surface area (TPSA) is 50.3 Å². The Morgan fingerprint density at radius 3 is 2.42 bits per heavy atom. The van der Waals surface area contributed by atoms with Crippen molar-refractivity contribution in [2.24, 2.45) is 5.92 Å². The molecule has 1 unspecified atom stereocenters. The molecule has 0 spiro atoms. The SMILES string of the molecule is CCCCC1C(=O)C=C(c2ccncc2)N(c2ccccc2)C1=O. The number of rotatable bonds is 5. The van der Waals surface area contributed by atoms with E-state index in [1.165, 1.54) is 0 Å². The molecule has 1 atom stereocenters. The molecule has 0 radical (unpaired) electrons. The number of para-hydroxylation sites is 1. The van der Waals surface area contributed by atoms with E-state index < -0.39 is 5.92 Å². The van der Waals surface area contributed by atoms with Crippen molar-refractivity contribution in [1.29, 1.82) is 0 Å². The number of unbranched alkanes of at least 4 members (excludes halogenated alkanes) is 1. The molecule has 4 nitrogen and oxygen atoms in total. The first-order valence-corrected chi connectivity index (χ1v) is 8.27. The number of aromatic nitrogens is 1. The van der Waals surface area contributed by atoms with Crippen molar-refractivity contribution < 1.29 is 9.59 Å². The van der Waals surface area contributed by atoms with Gasteiger partial charge in [-0.2, -0.15) is 0 Å². The summed E-state index contributed by atoms with van der Waals surface area (Å²) in [5.74, 6) is -0.836. The highest BCUT2D eigenvalue weighted by Crippen LogP contribution is 2.33. The van der Waals surface area contributed by atoms with Crippen LogP contribution in [0, 0.1) is 5.92 Å². The van der Waals surface area contributed by atoms with Crippen LogP contribution < -0.4 is 4.90 Å². The van der Waals surface area contributed by atoms with E-state index in [0.29, 0.717) is 12.1 Å². The molecule has 0 saturated carbocycles. The minimum Gasteiger partial charge on any atom is -0.294 e. The molecular formula is C20H20N2O2. The first-order chi connectivity index (χ1) is 11.7. The second-order valence-electron chi connectivity index (χ2n) is 5.87. The molecule has 2 heterocycles. The molecule has 1 aromatic heterocycles. The van der Waals surface area contributed by atoms with Crippen LogP contribution in [0.1, 0.15) is 31.7 Å². The number of anilines is 1. The van der Waals surface area contributed by atoms with Crippen molar-refractivity contribution in [1.82, 2.24) is 4.98 Å². The summed E-state index contributed by atoms with van der Waals surface area (Å²) in [7, 11) is 0. The second-order valence-corrected chi connectivity index (χ2v) is 5.87.